The summed E-state index contributed by atoms with van der Waals surface area (Å²) in [4.78, 5) is 38.2. The van der Waals surface area contributed by atoms with Gasteiger partial charge >= 0.3 is 12.2 Å². The summed E-state index contributed by atoms with van der Waals surface area (Å²) in [6.07, 6.45) is 1.97. The highest BCUT2D eigenvalue weighted by molar-refractivity contribution is 5.93. The monoisotopic (exact) mass is 547 g/mol. The molecule has 210 valence electrons. The minimum Gasteiger partial charge on any atom is -0.449 e. The van der Waals surface area contributed by atoms with Crippen molar-refractivity contribution in [2.45, 2.75) is 57.3 Å². The first-order chi connectivity index (χ1) is 18.3. The van der Waals surface area contributed by atoms with Crippen LogP contribution in [0.4, 0.5) is 24.1 Å². The van der Waals surface area contributed by atoms with Gasteiger partial charge in [0.1, 0.15) is 16.9 Å². The van der Waals surface area contributed by atoms with Gasteiger partial charge in [-0.25, -0.2) is 18.4 Å². The SMILES string of the molecule is C=Cc1c(F)c(N2CC3CCOC3(CNC(=O)OC(C)(C)C)C2)c(F)c2c1c(=O)c(OC(=O)O)cn2C1CC1. The summed E-state index contributed by atoms with van der Waals surface area (Å²) >= 11 is 0. The maximum absolute atomic E-state index is 16.4. The number of pyridine rings is 1. The zero-order chi connectivity index (χ0) is 28.3. The van der Waals surface area contributed by atoms with Crippen molar-refractivity contribution in [3.63, 3.8) is 0 Å². The number of halogens is 2. The Hall–Kier alpha value is -3.67. The fraction of sp³-hybridized carbons (Fsp3) is 0.519. The zero-order valence-electron chi connectivity index (χ0n) is 22.0. The number of carbonyl (C=O) groups is 2. The topological polar surface area (TPSA) is 119 Å². The molecule has 2 aliphatic heterocycles. The molecule has 1 amide bonds. The molecule has 1 aliphatic carbocycles. The summed E-state index contributed by atoms with van der Waals surface area (Å²) in [5.74, 6) is -2.58. The van der Waals surface area contributed by atoms with Crippen LogP contribution in [-0.4, -0.2) is 59.4 Å². The molecule has 2 N–H and O–H groups in total. The lowest BCUT2D eigenvalue weighted by Gasteiger charge is -2.30. The highest BCUT2D eigenvalue weighted by Gasteiger charge is 2.52. The average molecular weight is 548 g/mol. The Labute approximate surface area is 223 Å². The quantitative estimate of drug-likeness (QED) is 0.510. The number of carboxylic acid groups (broad SMARTS) is 1. The number of hydrogen-bond donors (Lipinski definition) is 2. The third-order valence-corrected chi connectivity index (χ3v) is 7.42. The number of fused-ring (bicyclic) bond motifs is 2. The zero-order valence-corrected chi connectivity index (χ0v) is 22.0. The van der Waals surface area contributed by atoms with E-state index in [9.17, 15) is 14.4 Å². The lowest BCUT2D eigenvalue weighted by Crippen LogP contribution is -2.49. The molecule has 1 aromatic heterocycles. The Bertz CT molecular complexity index is 1430. The standard InChI is InChI=1S/C27H31F2N3O7/c1-5-16-18-21(32(15-6-7-15)11-17(23(18)33)38-25(35)36)20(29)22(19(16)28)31-10-14-8-9-37-27(14,13-31)12-30-24(34)39-26(2,3)4/h5,11,14-15H,1,6-10,12-13H2,2-4H3,(H,30,34)(H,35,36). The number of carbonyl (C=O) groups excluding carboxylic acids is 1. The summed E-state index contributed by atoms with van der Waals surface area (Å²) in [6.45, 7) is 9.78. The van der Waals surface area contributed by atoms with Crippen molar-refractivity contribution in [2.75, 3.05) is 31.1 Å². The Morgan fingerprint density at radius 2 is 2.00 bits per heavy atom. The third kappa shape index (κ3) is 4.81. The molecular weight excluding hydrogens is 516 g/mol. The van der Waals surface area contributed by atoms with E-state index < -0.39 is 46.3 Å². The van der Waals surface area contributed by atoms with Gasteiger partial charge in [-0.3, -0.25) is 4.79 Å². The van der Waals surface area contributed by atoms with Crippen LogP contribution in [0.3, 0.4) is 0 Å². The maximum Gasteiger partial charge on any atom is 0.511 e. The van der Waals surface area contributed by atoms with Crippen molar-refractivity contribution in [3.05, 3.63) is 40.2 Å². The van der Waals surface area contributed by atoms with Crippen molar-refractivity contribution in [1.82, 2.24) is 9.88 Å². The lowest BCUT2D eigenvalue weighted by molar-refractivity contribution is -0.000290. The van der Waals surface area contributed by atoms with Crippen LogP contribution >= 0.6 is 0 Å². The van der Waals surface area contributed by atoms with Crippen LogP contribution in [0, 0.1) is 17.6 Å². The van der Waals surface area contributed by atoms with Crippen LogP contribution in [-0.2, 0) is 9.47 Å². The number of benzene rings is 1. The Morgan fingerprint density at radius 3 is 2.62 bits per heavy atom. The number of anilines is 1. The molecule has 3 aliphatic rings. The van der Waals surface area contributed by atoms with E-state index in [1.807, 2.05) is 0 Å². The van der Waals surface area contributed by atoms with Crippen molar-refractivity contribution in [2.24, 2.45) is 5.92 Å². The normalized spacial score (nSPS) is 22.6. The molecule has 3 heterocycles. The summed E-state index contributed by atoms with van der Waals surface area (Å²) < 4.78 is 49.9. The number of amides is 1. The maximum atomic E-state index is 16.4. The van der Waals surface area contributed by atoms with Gasteiger partial charge in [-0.05, 0) is 40.0 Å². The average Bonchev–Trinajstić information content (AvgIpc) is 3.51. The highest BCUT2D eigenvalue weighted by atomic mass is 19.1. The van der Waals surface area contributed by atoms with Gasteiger partial charge in [0.25, 0.3) is 0 Å². The van der Waals surface area contributed by atoms with Crippen LogP contribution < -0.4 is 20.4 Å². The lowest BCUT2D eigenvalue weighted by atomic mass is 9.91. The van der Waals surface area contributed by atoms with E-state index in [-0.39, 0.29) is 53.7 Å². The second kappa shape index (κ2) is 9.51. The molecule has 10 nitrogen and oxygen atoms in total. The number of ether oxygens (including phenoxy) is 3. The van der Waals surface area contributed by atoms with Gasteiger partial charge in [0, 0.05) is 37.2 Å². The van der Waals surface area contributed by atoms with Crippen molar-refractivity contribution in [3.8, 4) is 5.75 Å². The van der Waals surface area contributed by atoms with Crippen molar-refractivity contribution >= 4 is 34.9 Å². The molecule has 0 bridgehead atoms. The first-order valence-corrected chi connectivity index (χ1v) is 12.8. The molecule has 39 heavy (non-hydrogen) atoms. The van der Waals surface area contributed by atoms with E-state index in [0.717, 1.165) is 6.08 Å². The first kappa shape index (κ1) is 26.9. The second-order valence-electron chi connectivity index (χ2n) is 11.3. The van der Waals surface area contributed by atoms with Crippen molar-refractivity contribution in [1.29, 1.82) is 0 Å². The van der Waals surface area contributed by atoms with E-state index in [1.165, 1.54) is 10.8 Å². The van der Waals surface area contributed by atoms with Crippen LogP contribution in [0.2, 0.25) is 0 Å². The molecule has 0 radical (unpaired) electrons. The van der Waals surface area contributed by atoms with Crippen molar-refractivity contribution < 1.29 is 37.7 Å². The van der Waals surface area contributed by atoms with E-state index in [0.29, 0.717) is 25.9 Å². The van der Waals surface area contributed by atoms with E-state index >= 15 is 8.78 Å². The van der Waals surface area contributed by atoms with Gasteiger partial charge in [0.2, 0.25) is 5.43 Å². The van der Waals surface area contributed by atoms with Gasteiger partial charge in [-0.1, -0.05) is 12.7 Å². The largest absolute Gasteiger partial charge is 0.511 e. The van der Waals surface area contributed by atoms with Gasteiger partial charge in [-0.15, -0.1) is 0 Å². The van der Waals surface area contributed by atoms with Gasteiger partial charge in [0.05, 0.1) is 23.6 Å². The number of hydrogen-bond acceptors (Lipinski definition) is 7. The fourth-order valence-electron chi connectivity index (χ4n) is 5.63. The third-order valence-electron chi connectivity index (χ3n) is 7.42. The molecule has 1 aromatic carbocycles. The molecule has 5 rings (SSSR count). The Balaban J connectivity index is 1.57. The number of nitrogens with zero attached hydrogens (tertiary/aromatic N) is 2. The smallest absolute Gasteiger partial charge is 0.449 e. The molecule has 3 fully saturated rings. The number of nitrogens with one attached hydrogen (secondary N) is 1. The molecule has 1 saturated carbocycles. The van der Waals surface area contributed by atoms with E-state index in [4.69, 9.17) is 14.6 Å². The van der Waals surface area contributed by atoms with Gasteiger partial charge in [0.15, 0.2) is 17.4 Å². The minimum absolute atomic E-state index is 0.0941. The summed E-state index contributed by atoms with van der Waals surface area (Å²) in [5, 5.41) is 11.5. The Morgan fingerprint density at radius 1 is 1.28 bits per heavy atom. The molecule has 2 saturated heterocycles. The predicted molar refractivity (Wildman–Crippen MR) is 138 cm³/mol. The molecule has 12 heteroatoms. The predicted octanol–water partition coefficient (Wildman–Crippen LogP) is 4.43. The summed E-state index contributed by atoms with van der Waals surface area (Å²) in [6, 6.07) is -0.194. The molecule has 2 aromatic rings. The molecular formula is C27H31F2N3O7. The van der Waals surface area contributed by atoms with E-state index in [1.54, 1.807) is 25.7 Å². The number of aromatic nitrogens is 1. The Kier molecular flexibility index (Phi) is 6.56. The van der Waals surface area contributed by atoms with Crippen LogP contribution in [0.5, 0.6) is 5.75 Å². The number of alkyl carbamates (subject to hydrolysis) is 1. The summed E-state index contributed by atoms with van der Waals surface area (Å²) in [5.41, 5.74) is -3.21. The molecule has 2 atom stereocenters. The minimum atomic E-state index is -1.71. The van der Waals surface area contributed by atoms with E-state index in [2.05, 4.69) is 16.6 Å². The van der Waals surface area contributed by atoms with Gasteiger partial charge < -0.3 is 34.1 Å². The number of rotatable bonds is 6. The second-order valence-corrected chi connectivity index (χ2v) is 11.3. The van der Waals surface area contributed by atoms with Crippen LogP contribution in [0.15, 0.2) is 17.6 Å². The summed E-state index contributed by atoms with van der Waals surface area (Å²) in [7, 11) is 0. The molecule has 2 unspecified atom stereocenters. The van der Waals surface area contributed by atoms with Crippen LogP contribution in [0.1, 0.15) is 51.6 Å². The molecule has 0 spiro atoms. The first-order valence-electron chi connectivity index (χ1n) is 12.8. The van der Waals surface area contributed by atoms with Crippen LogP contribution in [0.25, 0.3) is 17.0 Å². The van der Waals surface area contributed by atoms with Gasteiger partial charge in [-0.2, -0.15) is 0 Å². The fourth-order valence-corrected chi connectivity index (χ4v) is 5.63. The highest BCUT2D eigenvalue weighted by Crippen LogP contribution is 2.45.